The molecule has 1 atom stereocenters. The molecule has 112 valence electrons. The summed E-state index contributed by atoms with van der Waals surface area (Å²) in [5, 5.41) is 14.1. The lowest BCUT2D eigenvalue weighted by Crippen LogP contribution is -2.31. The van der Waals surface area contributed by atoms with Crippen molar-refractivity contribution in [1.82, 2.24) is 5.32 Å². The van der Waals surface area contributed by atoms with Crippen molar-refractivity contribution in [2.24, 2.45) is 5.92 Å². The number of nitrogens with one attached hydrogen (secondary N) is 1. The molecule has 1 aromatic carbocycles. The first kappa shape index (κ1) is 15.3. The monoisotopic (exact) mass is 277 g/mol. The van der Waals surface area contributed by atoms with Crippen LogP contribution >= 0.6 is 0 Å². The molecule has 3 heteroatoms. The molecule has 0 spiro atoms. The average molecular weight is 277 g/mol. The Kier molecular flexibility index (Phi) is 5.06. The van der Waals surface area contributed by atoms with E-state index in [1.807, 2.05) is 0 Å². The largest absolute Gasteiger partial charge is 0.496 e. The fraction of sp³-hybridized carbons (Fsp3) is 0.647. The van der Waals surface area contributed by atoms with Gasteiger partial charge in [0.15, 0.2) is 0 Å². The molecule has 1 aromatic rings. The van der Waals surface area contributed by atoms with E-state index in [4.69, 9.17) is 4.74 Å². The first-order chi connectivity index (χ1) is 9.54. The third kappa shape index (κ3) is 3.15. The molecule has 0 radical (unpaired) electrons. The maximum absolute atomic E-state index is 10.7. The summed E-state index contributed by atoms with van der Waals surface area (Å²) >= 11 is 0. The van der Waals surface area contributed by atoms with Gasteiger partial charge in [0.25, 0.3) is 0 Å². The molecule has 0 aliphatic carbocycles. The lowest BCUT2D eigenvalue weighted by Gasteiger charge is -2.29. The molecule has 1 saturated heterocycles. The Morgan fingerprint density at radius 3 is 2.40 bits per heavy atom. The molecule has 1 fully saturated rings. The molecule has 1 aliphatic heterocycles. The normalized spacial score (nSPS) is 18.3. The van der Waals surface area contributed by atoms with Gasteiger partial charge in [-0.15, -0.1) is 0 Å². The lowest BCUT2D eigenvalue weighted by molar-refractivity contribution is 0.0882. The van der Waals surface area contributed by atoms with Crippen molar-refractivity contribution in [3.63, 3.8) is 0 Å². The van der Waals surface area contributed by atoms with E-state index in [0.29, 0.717) is 11.8 Å². The molecule has 2 N–H and O–H groups in total. The quantitative estimate of drug-likeness (QED) is 0.888. The van der Waals surface area contributed by atoms with Crippen LogP contribution in [0.2, 0.25) is 0 Å². The Morgan fingerprint density at radius 2 is 1.85 bits per heavy atom. The van der Waals surface area contributed by atoms with Gasteiger partial charge >= 0.3 is 0 Å². The zero-order valence-corrected chi connectivity index (χ0v) is 13.1. The first-order valence-corrected chi connectivity index (χ1v) is 7.61. The molecule has 2 rings (SSSR count). The molecule has 0 aromatic heterocycles. The van der Waals surface area contributed by atoms with Gasteiger partial charge in [0, 0.05) is 0 Å². The van der Waals surface area contributed by atoms with Crippen molar-refractivity contribution in [3.8, 4) is 5.75 Å². The Morgan fingerprint density at radius 1 is 1.20 bits per heavy atom. The smallest absolute Gasteiger partial charge is 0.122 e. The van der Waals surface area contributed by atoms with Crippen LogP contribution in [0.1, 0.15) is 55.4 Å². The zero-order chi connectivity index (χ0) is 14.7. The van der Waals surface area contributed by atoms with Gasteiger partial charge in [-0.2, -0.15) is 0 Å². The minimum Gasteiger partial charge on any atom is -0.496 e. The van der Waals surface area contributed by atoms with E-state index in [-0.39, 0.29) is 6.10 Å². The van der Waals surface area contributed by atoms with Gasteiger partial charge in [-0.05, 0) is 73.5 Å². The van der Waals surface area contributed by atoms with Gasteiger partial charge in [-0.1, -0.05) is 13.8 Å². The summed E-state index contributed by atoms with van der Waals surface area (Å²) in [6, 6.07) is 4.21. The van der Waals surface area contributed by atoms with Crippen molar-refractivity contribution < 1.29 is 9.84 Å². The van der Waals surface area contributed by atoms with E-state index >= 15 is 0 Å². The van der Waals surface area contributed by atoms with Crippen LogP contribution in [0.25, 0.3) is 0 Å². The van der Waals surface area contributed by atoms with Crippen molar-refractivity contribution in [2.75, 3.05) is 20.2 Å². The van der Waals surface area contributed by atoms with Crippen LogP contribution in [-0.4, -0.2) is 25.3 Å². The van der Waals surface area contributed by atoms with Crippen molar-refractivity contribution in [3.05, 3.63) is 28.8 Å². The summed E-state index contributed by atoms with van der Waals surface area (Å²) in [4.78, 5) is 0. The molecule has 0 bridgehead atoms. The van der Waals surface area contributed by atoms with Crippen LogP contribution in [0.3, 0.4) is 0 Å². The minimum atomic E-state index is -0.361. The van der Waals surface area contributed by atoms with Crippen LogP contribution in [-0.2, 0) is 0 Å². The van der Waals surface area contributed by atoms with Gasteiger partial charge in [0.05, 0.1) is 13.2 Å². The number of aliphatic hydroxyl groups excluding tert-OH is 1. The topological polar surface area (TPSA) is 41.5 Å². The number of methoxy groups -OCH3 is 1. The summed E-state index contributed by atoms with van der Waals surface area (Å²) in [6.45, 7) is 8.40. The van der Waals surface area contributed by atoms with Gasteiger partial charge in [0.1, 0.15) is 5.75 Å². The van der Waals surface area contributed by atoms with Crippen LogP contribution in [0, 0.1) is 12.8 Å². The first-order valence-electron chi connectivity index (χ1n) is 7.61. The Labute approximate surface area is 122 Å². The number of benzene rings is 1. The SMILES string of the molecule is COc1cc(C)c(C(O)C2CCNCC2)cc1C(C)C. The average Bonchev–Trinajstić information content (AvgIpc) is 2.46. The second-order valence-electron chi connectivity index (χ2n) is 6.14. The third-order valence-electron chi connectivity index (χ3n) is 4.39. The maximum atomic E-state index is 10.7. The molecule has 20 heavy (non-hydrogen) atoms. The highest BCUT2D eigenvalue weighted by molar-refractivity contribution is 5.44. The van der Waals surface area contributed by atoms with Gasteiger partial charge in [-0.3, -0.25) is 0 Å². The summed E-state index contributed by atoms with van der Waals surface area (Å²) in [6.07, 6.45) is 1.73. The molecular weight excluding hydrogens is 250 g/mol. The number of rotatable bonds is 4. The van der Waals surface area contributed by atoms with Crippen LogP contribution in [0.15, 0.2) is 12.1 Å². The number of piperidine rings is 1. The molecular formula is C17H27NO2. The minimum absolute atomic E-state index is 0.361. The highest BCUT2D eigenvalue weighted by Crippen LogP contribution is 2.36. The summed E-state index contributed by atoms with van der Waals surface area (Å²) in [7, 11) is 1.71. The highest BCUT2D eigenvalue weighted by Gasteiger charge is 2.25. The van der Waals surface area contributed by atoms with Gasteiger partial charge in [-0.25, -0.2) is 0 Å². The third-order valence-corrected chi connectivity index (χ3v) is 4.39. The Hall–Kier alpha value is -1.06. The predicted octanol–water partition coefficient (Wildman–Crippen LogP) is 3.16. The zero-order valence-electron chi connectivity index (χ0n) is 13.1. The second kappa shape index (κ2) is 6.59. The molecule has 1 aliphatic rings. The lowest BCUT2D eigenvalue weighted by atomic mass is 9.84. The van der Waals surface area contributed by atoms with E-state index in [2.05, 4.69) is 38.2 Å². The molecule has 3 nitrogen and oxygen atoms in total. The van der Waals surface area contributed by atoms with E-state index < -0.39 is 0 Å². The highest BCUT2D eigenvalue weighted by atomic mass is 16.5. The molecule has 1 unspecified atom stereocenters. The van der Waals surface area contributed by atoms with Crippen LogP contribution in [0.5, 0.6) is 5.75 Å². The molecule has 1 heterocycles. The van der Waals surface area contributed by atoms with E-state index in [1.165, 1.54) is 5.56 Å². The second-order valence-corrected chi connectivity index (χ2v) is 6.14. The fourth-order valence-corrected chi connectivity index (χ4v) is 3.08. The van der Waals surface area contributed by atoms with E-state index in [1.54, 1.807) is 7.11 Å². The molecule has 0 saturated carbocycles. The van der Waals surface area contributed by atoms with Crippen LogP contribution in [0.4, 0.5) is 0 Å². The summed E-state index contributed by atoms with van der Waals surface area (Å²) < 4.78 is 5.48. The number of aryl methyl sites for hydroxylation is 1. The van der Waals surface area contributed by atoms with E-state index in [0.717, 1.165) is 42.8 Å². The van der Waals surface area contributed by atoms with Gasteiger partial charge < -0.3 is 15.2 Å². The summed E-state index contributed by atoms with van der Waals surface area (Å²) in [5.74, 6) is 1.69. The number of hydrogen-bond donors (Lipinski definition) is 2. The predicted molar refractivity (Wildman–Crippen MR) is 82.4 cm³/mol. The van der Waals surface area contributed by atoms with Crippen LogP contribution < -0.4 is 10.1 Å². The van der Waals surface area contributed by atoms with Crippen molar-refractivity contribution in [1.29, 1.82) is 0 Å². The number of hydrogen-bond acceptors (Lipinski definition) is 3. The standard InChI is InChI=1S/C17H27NO2/c1-11(2)14-10-15(12(3)9-16(14)20-4)17(19)13-5-7-18-8-6-13/h9-11,13,17-19H,5-8H2,1-4H3. The Bertz CT molecular complexity index is 451. The number of aliphatic hydroxyl groups is 1. The fourth-order valence-electron chi connectivity index (χ4n) is 3.08. The Balaban J connectivity index is 2.32. The van der Waals surface area contributed by atoms with Gasteiger partial charge in [0.2, 0.25) is 0 Å². The number of ether oxygens (including phenoxy) is 1. The van der Waals surface area contributed by atoms with Crippen molar-refractivity contribution in [2.45, 2.75) is 45.6 Å². The van der Waals surface area contributed by atoms with Crippen molar-refractivity contribution >= 4 is 0 Å². The maximum Gasteiger partial charge on any atom is 0.122 e. The van der Waals surface area contributed by atoms with E-state index in [9.17, 15) is 5.11 Å². The summed E-state index contributed by atoms with van der Waals surface area (Å²) in [5.41, 5.74) is 3.37. The molecule has 0 amide bonds.